The zero-order chi connectivity index (χ0) is 15.7. The number of carbonyl (C=O) groups excluding carboxylic acids is 1. The minimum Gasteiger partial charge on any atom is -0.447 e. The lowest BCUT2D eigenvalue weighted by molar-refractivity contribution is 0.119. The monoisotopic (exact) mass is 322 g/mol. The quantitative estimate of drug-likeness (QED) is 0.928. The highest BCUT2D eigenvalue weighted by Gasteiger charge is 2.42. The molecule has 5 heteroatoms. The fourth-order valence-electron chi connectivity index (χ4n) is 3.90. The van der Waals surface area contributed by atoms with Gasteiger partial charge < -0.3 is 10.5 Å². The second-order valence-electron chi connectivity index (χ2n) is 6.56. The van der Waals surface area contributed by atoms with Crippen LogP contribution in [0, 0.1) is 0 Å². The van der Waals surface area contributed by atoms with E-state index < -0.39 is 0 Å². The SMILES string of the molecule is C[C@@H]1COC(=O)N1C1CCC(CN)(c2cccc(Cl)c2)CC1. The van der Waals surface area contributed by atoms with Crippen molar-refractivity contribution in [2.45, 2.75) is 50.1 Å². The summed E-state index contributed by atoms with van der Waals surface area (Å²) >= 11 is 6.14. The van der Waals surface area contributed by atoms with Gasteiger partial charge in [0.15, 0.2) is 0 Å². The third kappa shape index (κ3) is 2.70. The molecule has 1 atom stereocenters. The molecule has 0 spiro atoms. The van der Waals surface area contributed by atoms with Gasteiger partial charge in [-0.2, -0.15) is 0 Å². The maximum absolute atomic E-state index is 11.9. The first kappa shape index (κ1) is 15.6. The van der Waals surface area contributed by atoms with E-state index in [1.807, 2.05) is 30.0 Å². The van der Waals surface area contributed by atoms with Gasteiger partial charge in [0.25, 0.3) is 0 Å². The summed E-state index contributed by atoms with van der Waals surface area (Å²) in [4.78, 5) is 13.8. The number of rotatable bonds is 3. The van der Waals surface area contributed by atoms with Gasteiger partial charge in [-0.3, -0.25) is 4.90 Å². The molecule has 1 aromatic carbocycles. The number of cyclic esters (lactones) is 1. The molecule has 0 radical (unpaired) electrons. The van der Waals surface area contributed by atoms with Crippen LogP contribution in [0.2, 0.25) is 5.02 Å². The zero-order valence-electron chi connectivity index (χ0n) is 12.9. The van der Waals surface area contributed by atoms with Crippen molar-refractivity contribution in [1.29, 1.82) is 0 Å². The predicted molar refractivity (Wildman–Crippen MR) is 87.1 cm³/mol. The van der Waals surface area contributed by atoms with Crippen LogP contribution in [-0.4, -0.2) is 36.2 Å². The number of nitrogens with zero attached hydrogens (tertiary/aromatic N) is 1. The van der Waals surface area contributed by atoms with Crippen molar-refractivity contribution in [3.05, 3.63) is 34.9 Å². The van der Waals surface area contributed by atoms with E-state index in [-0.39, 0.29) is 23.6 Å². The normalized spacial score (nSPS) is 32.1. The fourth-order valence-corrected chi connectivity index (χ4v) is 4.09. The van der Waals surface area contributed by atoms with Gasteiger partial charge in [-0.1, -0.05) is 23.7 Å². The lowest BCUT2D eigenvalue weighted by atomic mass is 9.68. The molecule has 3 rings (SSSR count). The first-order valence-electron chi connectivity index (χ1n) is 7.97. The molecule has 22 heavy (non-hydrogen) atoms. The highest BCUT2D eigenvalue weighted by molar-refractivity contribution is 6.30. The van der Waals surface area contributed by atoms with Crippen molar-refractivity contribution in [2.75, 3.05) is 13.2 Å². The minimum atomic E-state index is -0.166. The van der Waals surface area contributed by atoms with Crippen molar-refractivity contribution >= 4 is 17.7 Å². The maximum Gasteiger partial charge on any atom is 0.410 e. The van der Waals surface area contributed by atoms with Gasteiger partial charge in [-0.05, 0) is 50.3 Å². The Morgan fingerprint density at radius 3 is 2.68 bits per heavy atom. The van der Waals surface area contributed by atoms with Crippen molar-refractivity contribution in [1.82, 2.24) is 4.90 Å². The molecule has 120 valence electrons. The average Bonchev–Trinajstić information content (AvgIpc) is 2.86. The van der Waals surface area contributed by atoms with E-state index in [0.29, 0.717) is 13.2 Å². The van der Waals surface area contributed by atoms with Crippen molar-refractivity contribution in [3.8, 4) is 0 Å². The predicted octanol–water partition coefficient (Wildman–Crippen LogP) is 3.32. The standard InChI is InChI=1S/C17H23ClN2O2/c1-12-10-22-16(21)20(12)15-5-7-17(11-19,8-6-15)13-3-2-4-14(18)9-13/h2-4,9,12,15H,5-8,10-11,19H2,1H3/t12-,15?,17?/m1/s1. The Bertz CT molecular complexity index is 555. The van der Waals surface area contributed by atoms with E-state index >= 15 is 0 Å². The molecule has 1 aliphatic carbocycles. The fraction of sp³-hybridized carbons (Fsp3) is 0.588. The number of benzene rings is 1. The third-order valence-corrected chi connectivity index (χ3v) is 5.50. The summed E-state index contributed by atoms with van der Waals surface area (Å²) in [5.74, 6) is 0. The van der Waals surface area contributed by atoms with E-state index in [0.717, 1.165) is 30.7 Å². The molecule has 0 unspecified atom stereocenters. The van der Waals surface area contributed by atoms with E-state index in [1.165, 1.54) is 5.56 Å². The third-order valence-electron chi connectivity index (χ3n) is 5.27. The summed E-state index contributed by atoms with van der Waals surface area (Å²) in [6.07, 6.45) is 3.71. The Hall–Kier alpha value is -1.26. The highest BCUT2D eigenvalue weighted by Crippen LogP contribution is 2.41. The van der Waals surface area contributed by atoms with Crippen LogP contribution in [0.25, 0.3) is 0 Å². The summed E-state index contributed by atoms with van der Waals surface area (Å²) in [5.41, 5.74) is 7.33. The number of hydrogen-bond acceptors (Lipinski definition) is 3. The number of ether oxygens (including phenoxy) is 1. The number of halogens is 1. The first-order valence-corrected chi connectivity index (χ1v) is 8.35. The Morgan fingerprint density at radius 2 is 2.14 bits per heavy atom. The summed E-state index contributed by atoms with van der Waals surface area (Å²) in [6.45, 7) is 3.17. The maximum atomic E-state index is 11.9. The van der Waals surface area contributed by atoms with E-state index in [4.69, 9.17) is 22.1 Å². The van der Waals surface area contributed by atoms with Gasteiger partial charge in [-0.15, -0.1) is 0 Å². The lowest BCUT2D eigenvalue weighted by Gasteiger charge is -2.42. The van der Waals surface area contributed by atoms with E-state index in [1.54, 1.807) is 0 Å². The summed E-state index contributed by atoms with van der Waals surface area (Å²) < 4.78 is 5.15. The molecule has 2 aliphatic rings. The largest absolute Gasteiger partial charge is 0.447 e. The highest BCUT2D eigenvalue weighted by atomic mass is 35.5. The summed E-state index contributed by atoms with van der Waals surface area (Å²) in [6, 6.07) is 8.47. The Morgan fingerprint density at radius 1 is 1.41 bits per heavy atom. The molecular weight excluding hydrogens is 300 g/mol. The van der Waals surface area contributed by atoms with E-state index in [9.17, 15) is 4.79 Å². The van der Waals surface area contributed by atoms with Crippen molar-refractivity contribution in [3.63, 3.8) is 0 Å². The molecule has 4 nitrogen and oxygen atoms in total. The molecule has 1 heterocycles. The van der Waals surface area contributed by atoms with E-state index in [2.05, 4.69) is 6.07 Å². The number of nitrogens with two attached hydrogens (primary N) is 1. The minimum absolute atomic E-state index is 0.0196. The number of carbonyl (C=O) groups is 1. The van der Waals surface area contributed by atoms with Crippen LogP contribution >= 0.6 is 11.6 Å². The molecule has 1 aliphatic heterocycles. The average molecular weight is 323 g/mol. The summed E-state index contributed by atoms with van der Waals surface area (Å²) in [7, 11) is 0. The molecule has 1 amide bonds. The van der Waals surface area contributed by atoms with Crippen LogP contribution in [0.3, 0.4) is 0 Å². The second-order valence-corrected chi connectivity index (χ2v) is 7.00. The lowest BCUT2D eigenvalue weighted by Crippen LogP contribution is -2.47. The number of amides is 1. The van der Waals surface area contributed by atoms with Crippen LogP contribution in [0.4, 0.5) is 4.79 Å². The first-order chi connectivity index (χ1) is 10.6. The van der Waals surface area contributed by atoms with Crippen LogP contribution < -0.4 is 5.73 Å². The Kier molecular flexibility index (Phi) is 4.33. The molecule has 1 saturated carbocycles. The van der Waals surface area contributed by atoms with Crippen LogP contribution in [0.1, 0.15) is 38.2 Å². The van der Waals surface area contributed by atoms with Gasteiger partial charge in [0.05, 0.1) is 6.04 Å². The molecule has 1 saturated heterocycles. The van der Waals surface area contributed by atoms with Gasteiger partial charge in [0.2, 0.25) is 0 Å². The Balaban J connectivity index is 1.75. The van der Waals surface area contributed by atoms with Crippen LogP contribution in [0.5, 0.6) is 0 Å². The van der Waals surface area contributed by atoms with Gasteiger partial charge in [-0.25, -0.2) is 4.79 Å². The summed E-state index contributed by atoms with van der Waals surface area (Å²) in [5, 5.41) is 0.754. The topological polar surface area (TPSA) is 55.6 Å². The van der Waals surface area contributed by atoms with Gasteiger partial charge in [0, 0.05) is 23.0 Å². The number of hydrogen-bond donors (Lipinski definition) is 1. The molecule has 2 fully saturated rings. The van der Waals surface area contributed by atoms with Gasteiger partial charge >= 0.3 is 6.09 Å². The van der Waals surface area contributed by atoms with Crippen LogP contribution in [-0.2, 0) is 10.2 Å². The molecule has 0 bridgehead atoms. The molecule has 0 aromatic heterocycles. The second kappa shape index (κ2) is 6.09. The van der Waals surface area contributed by atoms with Crippen LogP contribution in [0.15, 0.2) is 24.3 Å². The van der Waals surface area contributed by atoms with Crippen molar-refractivity contribution in [2.24, 2.45) is 5.73 Å². The smallest absolute Gasteiger partial charge is 0.410 e. The zero-order valence-corrected chi connectivity index (χ0v) is 13.7. The molecular formula is C17H23ClN2O2. The van der Waals surface area contributed by atoms with Crippen molar-refractivity contribution < 1.29 is 9.53 Å². The Labute approximate surface area is 136 Å². The molecule has 1 aromatic rings. The van der Waals surface area contributed by atoms with Gasteiger partial charge in [0.1, 0.15) is 6.61 Å². The molecule has 2 N–H and O–H groups in total.